The lowest BCUT2D eigenvalue weighted by atomic mass is 9.41. The predicted octanol–water partition coefficient (Wildman–Crippen LogP) is 4.40. The molecule has 0 aromatic rings. The van der Waals surface area contributed by atoms with Crippen molar-refractivity contribution in [2.75, 3.05) is 0 Å². The van der Waals surface area contributed by atoms with Gasteiger partial charge in [0.1, 0.15) is 0 Å². The highest BCUT2D eigenvalue weighted by molar-refractivity contribution is 5.75. The van der Waals surface area contributed by atoms with Gasteiger partial charge < -0.3 is 10.2 Å². The van der Waals surface area contributed by atoms with E-state index < -0.39 is 17.0 Å². The van der Waals surface area contributed by atoms with E-state index in [0.29, 0.717) is 5.92 Å². The van der Waals surface area contributed by atoms with Crippen LogP contribution in [-0.2, 0) is 4.79 Å². The molecule has 134 valence electrons. The van der Waals surface area contributed by atoms with Crippen LogP contribution < -0.4 is 0 Å². The van der Waals surface area contributed by atoms with Crippen LogP contribution in [0.25, 0.3) is 0 Å². The highest BCUT2D eigenvalue weighted by Gasteiger charge is 2.69. The molecule has 4 rings (SSSR count). The fourth-order valence-corrected chi connectivity index (χ4v) is 7.72. The quantitative estimate of drug-likeness (QED) is 0.700. The van der Waals surface area contributed by atoms with Crippen LogP contribution in [0.15, 0.2) is 12.2 Å². The van der Waals surface area contributed by atoms with Crippen molar-refractivity contribution in [3.05, 3.63) is 12.2 Å². The highest BCUT2D eigenvalue weighted by Crippen LogP contribution is 2.73. The molecular formula is C21H32O3. The first-order chi connectivity index (χ1) is 11.0. The molecule has 0 unspecified atom stereocenters. The van der Waals surface area contributed by atoms with Crippen LogP contribution in [0.1, 0.15) is 72.6 Å². The van der Waals surface area contributed by atoms with E-state index in [1.54, 1.807) is 0 Å². The Labute approximate surface area is 145 Å². The van der Waals surface area contributed by atoms with Gasteiger partial charge in [0.15, 0.2) is 0 Å². The smallest absolute Gasteiger partial charge is 0.309 e. The summed E-state index contributed by atoms with van der Waals surface area (Å²) in [5.74, 6) is 0.0358. The maximum atomic E-state index is 12.1. The minimum Gasteiger partial charge on any atom is -0.481 e. The Balaban J connectivity index is 1.80. The van der Waals surface area contributed by atoms with E-state index in [1.807, 2.05) is 13.8 Å². The second-order valence-electron chi connectivity index (χ2n) is 10.4. The molecule has 4 aliphatic rings. The van der Waals surface area contributed by atoms with Crippen molar-refractivity contribution in [3.8, 4) is 0 Å². The molecule has 0 heterocycles. The van der Waals surface area contributed by atoms with Crippen LogP contribution in [0.4, 0.5) is 0 Å². The molecule has 0 amide bonds. The SMILES string of the molecule is C[C@@]12CCC[C@](C)(C(=O)O)[C@H]1CC[C@@]13C[C@@](C)(O)[C@](C)(C=C[C@H]12)C3. The van der Waals surface area contributed by atoms with Crippen molar-refractivity contribution < 1.29 is 15.0 Å². The first-order valence-corrected chi connectivity index (χ1v) is 9.64. The summed E-state index contributed by atoms with van der Waals surface area (Å²) in [4.78, 5) is 12.1. The number of aliphatic hydroxyl groups is 1. The summed E-state index contributed by atoms with van der Waals surface area (Å²) in [5, 5.41) is 21.0. The van der Waals surface area contributed by atoms with Crippen LogP contribution in [0.5, 0.6) is 0 Å². The average molecular weight is 332 g/mol. The first kappa shape index (κ1) is 16.6. The zero-order valence-electron chi connectivity index (χ0n) is 15.6. The number of rotatable bonds is 1. The Kier molecular flexibility index (Phi) is 3.09. The number of allylic oxidation sites excluding steroid dienone is 1. The molecule has 4 aliphatic carbocycles. The molecule has 3 fully saturated rings. The van der Waals surface area contributed by atoms with Crippen molar-refractivity contribution in [3.63, 3.8) is 0 Å². The predicted molar refractivity (Wildman–Crippen MR) is 93.5 cm³/mol. The summed E-state index contributed by atoms with van der Waals surface area (Å²) < 4.78 is 0. The maximum Gasteiger partial charge on any atom is 0.309 e. The van der Waals surface area contributed by atoms with Crippen molar-refractivity contribution in [1.29, 1.82) is 0 Å². The Hall–Kier alpha value is -0.830. The minimum absolute atomic E-state index is 0.0435. The van der Waals surface area contributed by atoms with E-state index in [4.69, 9.17) is 0 Å². The number of aliphatic carboxylic acids is 1. The average Bonchev–Trinajstić information content (AvgIpc) is 2.59. The molecule has 3 nitrogen and oxygen atoms in total. The lowest BCUT2D eigenvalue weighted by Gasteiger charge is -2.62. The van der Waals surface area contributed by atoms with E-state index in [2.05, 4.69) is 26.0 Å². The topological polar surface area (TPSA) is 57.5 Å². The van der Waals surface area contributed by atoms with Crippen LogP contribution >= 0.6 is 0 Å². The third-order valence-electron chi connectivity index (χ3n) is 9.07. The van der Waals surface area contributed by atoms with Crippen molar-refractivity contribution in [2.45, 2.75) is 78.2 Å². The Morgan fingerprint density at radius 2 is 1.79 bits per heavy atom. The highest BCUT2D eigenvalue weighted by atomic mass is 16.4. The Bertz CT molecular complexity index is 623. The molecule has 2 bridgehead atoms. The number of hydrogen-bond acceptors (Lipinski definition) is 2. The summed E-state index contributed by atoms with van der Waals surface area (Å²) in [6.45, 7) is 8.54. The number of carboxylic acids is 1. The number of carbonyl (C=O) groups is 1. The molecule has 0 saturated heterocycles. The molecule has 24 heavy (non-hydrogen) atoms. The lowest BCUT2D eigenvalue weighted by Crippen LogP contribution is -2.57. The third-order valence-corrected chi connectivity index (χ3v) is 9.07. The van der Waals surface area contributed by atoms with Gasteiger partial charge in [0, 0.05) is 5.41 Å². The van der Waals surface area contributed by atoms with Crippen molar-refractivity contribution in [1.82, 2.24) is 0 Å². The summed E-state index contributed by atoms with van der Waals surface area (Å²) in [7, 11) is 0. The summed E-state index contributed by atoms with van der Waals surface area (Å²) >= 11 is 0. The fourth-order valence-electron chi connectivity index (χ4n) is 7.72. The normalized spacial score (nSPS) is 58.9. The largest absolute Gasteiger partial charge is 0.481 e. The molecule has 0 aromatic carbocycles. The van der Waals surface area contributed by atoms with Crippen molar-refractivity contribution >= 4 is 5.97 Å². The van der Waals surface area contributed by atoms with Crippen LogP contribution in [0.2, 0.25) is 0 Å². The van der Waals surface area contributed by atoms with Gasteiger partial charge in [-0.15, -0.1) is 0 Å². The molecule has 3 heteroatoms. The second kappa shape index (κ2) is 4.47. The maximum absolute atomic E-state index is 12.1. The van der Waals surface area contributed by atoms with Gasteiger partial charge in [0.25, 0.3) is 0 Å². The van der Waals surface area contributed by atoms with Gasteiger partial charge in [0.05, 0.1) is 11.0 Å². The molecular weight excluding hydrogens is 300 g/mol. The van der Waals surface area contributed by atoms with Crippen molar-refractivity contribution in [2.24, 2.45) is 33.5 Å². The van der Waals surface area contributed by atoms with Gasteiger partial charge in [-0.1, -0.05) is 32.4 Å². The molecule has 3 saturated carbocycles. The van der Waals surface area contributed by atoms with Crippen LogP contribution in [0, 0.1) is 33.5 Å². The minimum atomic E-state index is -0.647. The Morgan fingerprint density at radius 1 is 1.08 bits per heavy atom. The van der Waals surface area contributed by atoms with Gasteiger partial charge in [0.2, 0.25) is 0 Å². The van der Waals surface area contributed by atoms with Crippen LogP contribution in [-0.4, -0.2) is 21.8 Å². The lowest BCUT2D eigenvalue weighted by molar-refractivity contribution is -0.174. The molecule has 0 radical (unpaired) electrons. The third kappa shape index (κ3) is 1.75. The first-order valence-electron chi connectivity index (χ1n) is 9.64. The van der Waals surface area contributed by atoms with Crippen LogP contribution in [0.3, 0.4) is 0 Å². The second-order valence-corrected chi connectivity index (χ2v) is 10.4. The van der Waals surface area contributed by atoms with Gasteiger partial charge in [-0.05, 0) is 75.0 Å². The van der Waals surface area contributed by atoms with Gasteiger partial charge in [-0.25, -0.2) is 0 Å². The number of hydrogen-bond donors (Lipinski definition) is 2. The van der Waals surface area contributed by atoms with E-state index in [9.17, 15) is 15.0 Å². The fraction of sp³-hybridized carbons (Fsp3) is 0.857. The van der Waals surface area contributed by atoms with E-state index in [-0.39, 0.29) is 22.2 Å². The molecule has 2 N–H and O–H groups in total. The van der Waals surface area contributed by atoms with Gasteiger partial charge in [-0.2, -0.15) is 0 Å². The van der Waals surface area contributed by atoms with Gasteiger partial charge >= 0.3 is 5.97 Å². The number of carboxylic acid groups (broad SMARTS) is 1. The summed E-state index contributed by atoms with van der Waals surface area (Å²) in [5.41, 5.74) is -1.16. The van der Waals surface area contributed by atoms with E-state index in [0.717, 1.165) is 44.9 Å². The van der Waals surface area contributed by atoms with E-state index >= 15 is 0 Å². The molecule has 0 aliphatic heterocycles. The molecule has 7 atom stereocenters. The van der Waals surface area contributed by atoms with E-state index in [1.165, 1.54) is 0 Å². The Morgan fingerprint density at radius 3 is 2.46 bits per heavy atom. The van der Waals surface area contributed by atoms with Gasteiger partial charge in [-0.3, -0.25) is 4.79 Å². The number of fused-ring (bicyclic) bond motifs is 3. The zero-order valence-corrected chi connectivity index (χ0v) is 15.6. The zero-order chi connectivity index (χ0) is 17.6. The monoisotopic (exact) mass is 332 g/mol. The standard InChI is InChI=1S/C21H32O3/c1-17-10-6-15-18(2)8-5-9-19(3,16(22)23)14(18)7-11-21(15,12-17)13-20(17,4)24/h6,10,14-15,24H,5,7-9,11-13H2,1-4H3,(H,22,23)/t14-,15-,17+,18+,19-,20+,21+/m0/s1. The molecule has 0 aromatic heterocycles. The summed E-state index contributed by atoms with van der Waals surface area (Å²) in [6.07, 6.45) is 11.6. The molecule has 1 spiro atoms. The summed E-state index contributed by atoms with van der Waals surface area (Å²) in [6, 6.07) is 0.